The van der Waals surface area contributed by atoms with Crippen LogP contribution in [-0.4, -0.2) is 72.2 Å². The summed E-state index contributed by atoms with van der Waals surface area (Å²) >= 11 is 5.95. The van der Waals surface area contributed by atoms with Crippen molar-refractivity contribution in [1.82, 2.24) is 40.1 Å². The topological polar surface area (TPSA) is 106 Å². The number of hydrogen-bond acceptors (Lipinski definition) is 8. The summed E-state index contributed by atoms with van der Waals surface area (Å²) in [5, 5.41) is 16.2. The van der Waals surface area contributed by atoms with Crippen molar-refractivity contribution < 1.29 is 9.32 Å². The van der Waals surface area contributed by atoms with Gasteiger partial charge in [0, 0.05) is 43.2 Å². The highest BCUT2D eigenvalue weighted by molar-refractivity contribution is 6.30. The fourth-order valence-electron chi connectivity index (χ4n) is 4.01. The molecule has 3 heterocycles. The van der Waals surface area contributed by atoms with Crippen LogP contribution in [0.25, 0.3) is 11.4 Å². The van der Waals surface area contributed by atoms with Crippen LogP contribution in [0.1, 0.15) is 17.5 Å². The van der Waals surface area contributed by atoms with Crippen LogP contribution < -0.4 is 0 Å². The molecule has 1 saturated heterocycles. The molecule has 0 N–H and O–H groups in total. The first-order valence-corrected chi connectivity index (χ1v) is 11.4. The van der Waals surface area contributed by atoms with Crippen molar-refractivity contribution in [1.29, 1.82) is 0 Å². The highest BCUT2D eigenvalue weighted by Gasteiger charge is 2.30. The summed E-state index contributed by atoms with van der Waals surface area (Å²) in [6.45, 7) is 3.15. The minimum absolute atomic E-state index is 0.0126. The SMILES string of the molecule is O=C(C(Cc1ccccc1)n1cnnn1)N1CCN(Cc2nc(-c3ccc(Cl)cc3)no2)CC1. The van der Waals surface area contributed by atoms with Crippen molar-refractivity contribution in [3.05, 3.63) is 77.4 Å². The van der Waals surface area contributed by atoms with Crippen molar-refractivity contribution in [3.8, 4) is 11.4 Å². The van der Waals surface area contributed by atoms with Gasteiger partial charge in [0.1, 0.15) is 12.4 Å². The molecule has 0 bridgehead atoms. The lowest BCUT2D eigenvalue weighted by molar-refractivity contribution is -0.137. The highest BCUT2D eigenvalue weighted by Crippen LogP contribution is 2.20. The Morgan fingerprint density at radius 2 is 1.79 bits per heavy atom. The van der Waals surface area contributed by atoms with E-state index in [0.717, 1.165) is 11.1 Å². The Morgan fingerprint density at radius 3 is 2.50 bits per heavy atom. The summed E-state index contributed by atoms with van der Waals surface area (Å²) < 4.78 is 6.98. The summed E-state index contributed by atoms with van der Waals surface area (Å²) in [6.07, 6.45) is 2.02. The molecule has 5 rings (SSSR count). The summed E-state index contributed by atoms with van der Waals surface area (Å²) in [5.41, 5.74) is 1.91. The Kier molecular flexibility index (Phi) is 6.59. The summed E-state index contributed by atoms with van der Waals surface area (Å²) in [7, 11) is 0. The largest absolute Gasteiger partial charge is 0.338 e. The number of benzene rings is 2. The zero-order valence-electron chi connectivity index (χ0n) is 18.4. The number of tetrazole rings is 1. The molecule has 1 unspecified atom stereocenters. The standard InChI is InChI=1S/C23H23ClN8O2/c24-19-8-6-18(7-9-19)22-26-21(34-27-22)15-30-10-12-31(13-11-30)23(33)20(32-16-25-28-29-32)14-17-4-2-1-3-5-17/h1-9,16,20H,10-15H2. The number of carbonyl (C=O) groups is 1. The molecule has 1 aliphatic rings. The number of rotatable bonds is 7. The zero-order valence-corrected chi connectivity index (χ0v) is 19.1. The van der Waals surface area contributed by atoms with E-state index in [-0.39, 0.29) is 5.91 Å². The molecule has 10 nitrogen and oxygen atoms in total. The maximum atomic E-state index is 13.4. The normalized spacial score (nSPS) is 15.4. The molecule has 0 saturated carbocycles. The molecule has 0 spiro atoms. The van der Waals surface area contributed by atoms with Crippen LogP contribution in [0.3, 0.4) is 0 Å². The lowest BCUT2D eigenvalue weighted by Crippen LogP contribution is -2.50. The van der Waals surface area contributed by atoms with Crippen LogP contribution in [0, 0.1) is 0 Å². The molecular weight excluding hydrogens is 456 g/mol. The fourth-order valence-corrected chi connectivity index (χ4v) is 4.13. The van der Waals surface area contributed by atoms with E-state index < -0.39 is 6.04 Å². The van der Waals surface area contributed by atoms with Gasteiger partial charge in [-0.1, -0.05) is 47.1 Å². The molecule has 1 fully saturated rings. The predicted molar refractivity (Wildman–Crippen MR) is 124 cm³/mol. The summed E-state index contributed by atoms with van der Waals surface area (Å²) in [5.74, 6) is 1.09. The van der Waals surface area contributed by atoms with Crippen LogP contribution >= 0.6 is 11.6 Å². The van der Waals surface area contributed by atoms with Gasteiger partial charge in [-0.25, -0.2) is 4.68 Å². The van der Waals surface area contributed by atoms with Crippen molar-refractivity contribution >= 4 is 17.5 Å². The second-order valence-electron chi connectivity index (χ2n) is 8.12. The van der Waals surface area contributed by atoms with E-state index >= 15 is 0 Å². The molecule has 1 amide bonds. The van der Waals surface area contributed by atoms with Gasteiger partial charge >= 0.3 is 0 Å². The Morgan fingerprint density at radius 1 is 1.03 bits per heavy atom. The molecule has 11 heteroatoms. The monoisotopic (exact) mass is 478 g/mol. The molecule has 2 aromatic heterocycles. The molecular formula is C23H23ClN8O2. The number of amides is 1. The van der Waals surface area contributed by atoms with Crippen LogP contribution in [0.5, 0.6) is 0 Å². The highest BCUT2D eigenvalue weighted by atomic mass is 35.5. The van der Waals surface area contributed by atoms with Gasteiger partial charge in [-0.2, -0.15) is 4.98 Å². The van der Waals surface area contributed by atoms with Crippen molar-refractivity contribution in [2.45, 2.75) is 19.0 Å². The second kappa shape index (κ2) is 10.1. The van der Waals surface area contributed by atoms with E-state index in [2.05, 4.69) is 30.6 Å². The van der Waals surface area contributed by atoms with E-state index in [9.17, 15) is 4.79 Å². The van der Waals surface area contributed by atoms with Gasteiger partial charge in [0.25, 0.3) is 0 Å². The van der Waals surface area contributed by atoms with Gasteiger partial charge in [0.2, 0.25) is 17.6 Å². The zero-order chi connectivity index (χ0) is 23.3. The molecule has 2 aromatic carbocycles. The van der Waals surface area contributed by atoms with E-state index in [1.165, 1.54) is 6.33 Å². The maximum Gasteiger partial charge on any atom is 0.248 e. The first-order chi connectivity index (χ1) is 16.7. The second-order valence-corrected chi connectivity index (χ2v) is 8.55. The first-order valence-electron chi connectivity index (χ1n) is 11.0. The molecule has 174 valence electrons. The Labute approximate surface area is 201 Å². The smallest absolute Gasteiger partial charge is 0.248 e. The van der Waals surface area contributed by atoms with E-state index in [1.807, 2.05) is 47.4 Å². The van der Waals surface area contributed by atoms with Crippen molar-refractivity contribution in [2.75, 3.05) is 26.2 Å². The molecule has 4 aromatic rings. The van der Waals surface area contributed by atoms with Crippen LogP contribution in [-0.2, 0) is 17.8 Å². The lowest BCUT2D eigenvalue weighted by atomic mass is 10.0. The van der Waals surface area contributed by atoms with Crippen LogP contribution in [0.15, 0.2) is 65.4 Å². The molecule has 34 heavy (non-hydrogen) atoms. The average Bonchev–Trinajstić information content (AvgIpc) is 3.57. The third kappa shape index (κ3) is 5.13. The number of piperazine rings is 1. The minimum Gasteiger partial charge on any atom is -0.338 e. The quantitative estimate of drug-likeness (QED) is 0.399. The van der Waals surface area contributed by atoms with E-state index in [4.69, 9.17) is 16.1 Å². The summed E-state index contributed by atoms with van der Waals surface area (Å²) in [4.78, 5) is 22.0. The Bertz CT molecular complexity index is 1210. The third-order valence-electron chi connectivity index (χ3n) is 5.85. The van der Waals surface area contributed by atoms with E-state index in [0.29, 0.717) is 55.9 Å². The van der Waals surface area contributed by atoms with Crippen molar-refractivity contribution in [3.63, 3.8) is 0 Å². The van der Waals surface area contributed by atoms with Crippen LogP contribution in [0.4, 0.5) is 0 Å². The Balaban J connectivity index is 1.19. The first kappa shape index (κ1) is 22.2. The molecule has 1 aliphatic heterocycles. The maximum absolute atomic E-state index is 13.4. The van der Waals surface area contributed by atoms with Gasteiger partial charge < -0.3 is 9.42 Å². The van der Waals surface area contributed by atoms with Crippen LogP contribution in [0.2, 0.25) is 5.02 Å². The number of nitrogens with zero attached hydrogens (tertiary/aromatic N) is 8. The third-order valence-corrected chi connectivity index (χ3v) is 6.11. The average molecular weight is 479 g/mol. The Hall–Kier alpha value is -3.63. The van der Waals surface area contributed by atoms with Gasteiger partial charge in [0.05, 0.1) is 6.54 Å². The van der Waals surface area contributed by atoms with Gasteiger partial charge in [-0.3, -0.25) is 9.69 Å². The van der Waals surface area contributed by atoms with Gasteiger partial charge in [-0.15, -0.1) is 5.10 Å². The van der Waals surface area contributed by atoms with Gasteiger partial charge in [0.15, 0.2) is 0 Å². The van der Waals surface area contributed by atoms with E-state index in [1.54, 1.807) is 16.8 Å². The molecule has 0 radical (unpaired) electrons. The van der Waals surface area contributed by atoms with Gasteiger partial charge in [-0.05, 0) is 40.3 Å². The number of aromatic nitrogens is 6. The van der Waals surface area contributed by atoms with Crippen molar-refractivity contribution in [2.24, 2.45) is 0 Å². The minimum atomic E-state index is -0.484. The molecule has 0 aliphatic carbocycles. The fraction of sp³-hybridized carbons (Fsp3) is 0.304. The number of halogens is 1. The number of carbonyl (C=O) groups excluding carboxylic acids is 1. The summed E-state index contributed by atoms with van der Waals surface area (Å²) in [6, 6.07) is 16.7. The lowest BCUT2D eigenvalue weighted by Gasteiger charge is -2.35. The predicted octanol–water partition coefficient (Wildman–Crippen LogP) is 2.50. The molecule has 1 atom stereocenters. The number of hydrogen-bond donors (Lipinski definition) is 0.